The molecule has 0 spiro atoms. The summed E-state index contributed by atoms with van der Waals surface area (Å²) in [6.07, 6.45) is 4.08. The summed E-state index contributed by atoms with van der Waals surface area (Å²) in [4.78, 5) is 51.6. The van der Waals surface area contributed by atoms with Crippen molar-refractivity contribution in [3.05, 3.63) is 47.5 Å². The highest BCUT2D eigenvalue weighted by molar-refractivity contribution is 6.00. The van der Waals surface area contributed by atoms with E-state index < -0.39 is 53.3 Å². The van der Waals surface area contributed by atoms with Crippen molar-refractivity contribution in [1.29, 1.82) is 0 Å². The lowest BCUT2D eigenvalue weighted by Crippen LogP contribution is -2.49. The molecule has 1 fully saturated rings. The molecule has 43 heavy (non-hydrogen) atoms. The molecule has 3 amide bonds. The van der Waals surface area contributed by atoms with E-state index in [4.69, 9.17) is 9.47 Å². The first kappa shape index (κ1) is 33.5. The van der Waals surface area contributed by atoms with Gasteiger partial charge in [0.25, 0.3) is 5.91 Å². The summed E-state index contributed by atoms with van der Waals surface area (Å²) >= 11 is 0. The zero-order valence-corrected chi connectivity index (χ0v) is 26.0. The number of aromatic nitrogens is 2. The second-order valence-corrected chi connectivity index (χ2v) is 12.2. The predicted molar refractivity (Wildman–Crippen MR) is 159 cm³/mol. The van der Waals surface area contributed by atoms with Crippen molar-refractivity contribution in [1.82, 2.24) is 20.4 Å². The number of anilines is 1. The number of hydrogen-bond donors (Lipinski definition) is 3. The van der Waals surface area contributed by atoms with Gasteiger partial charge in [-0.25, -0.2) is 14.0 Å². The van der Waals surface area contributed by atoms with E-state index in [2.05, 4.69) is 28.0 Å². The predicted octanol–water partition coefficient (Wildman–Crippen LogP) is 4.78. The van der Waals surface area contributed by atoms with Crippen LogP contribution in [0.5, 0.6) is 0 Å². The molecule has 1 aromatic carbocycles. The van der Waals surface area contributed by atoms with Gasteiger partial charge in [-0.2, -0.15) is 5.10 Å². The van der Waals surface area contributed by atoms with Gasteiger partial charge in [0.05, 0.1) is 12.8 Å². The van der Waals surface area contributed by atoms with Gasteiger partial charge in [0.2, 0.25) is 5.91 Å². The molecule has 0 bridgehead atoms. The van der Waals surface area contributed by atoms with Crippen LogP contribution in [0.3, 0.4) is 0 Å². The van der Waals surface area contributed by atoms with E-state index in [-0.39, 0.29) is 11.6 Å². The number of aryl methyl sites for hydroxylation is 1. The Balaban J connectivity index is 1.79. The molecule has 2 aromatic rings. The molecule has 12 heteroatoms. The van der Waals surface area contributed by atoms with E-state index in [0.717, 1.165) is 25.7 Å². The first-order chi connectivity index (χ1) is 20.2. The molecule has 3 N–H and O–H groups in total. The van der Waals surface area contributed by atoms with Crippen molar-refractivity contribution in [3.63, 3.8) is 0 Å². The normalized spacial score (nSPS) is 19.0. The maximum atomic E-state index is 15.4. The van der Waals surface area contributed by atoms with E-state index in [0.29, 0.717) is 23.7 Å². The Kier molecular flexibility index (Phi) is 11.3. The maximum Gasteiger partial charge on any atom is 0.408 e. The monoisotopic (exact) mass is 601 g/mol. The molecule has 3 atom stereocenters. The van der Waals surface area contributed by atoms with E-state index in [1.165, 1.54) is 25.4 Å². The van der Waals surface area contributed by atoms with Crippen LogP contribution in [0.4, 0.5) is 14.9 Å². The molecule has 0 saturated heterocycles. The number of amides is 3. The van der Waals surface area contributed by atoms with Crippen LogP contribution in [-0.4, -0.2) is 58.5 Å². The number of alkyl carbamates (subject to hydrolysis) is 1. The molecule has 11 nitrogen and oxygen atoms in total. The Morgan fingerprint density at radius 1 is 1.09 bits per heavy atom. The minimum atomic E-state index is -1.15. The van der Waals surface area contributed by atoms with Gasteiger partial charge < -0.3 is 25.4 Å². The maximum absolute atomic E-state index is 15.4. The fourth-order valence-electron chi connectivity index (χ4n) is 5.28. The van der Waals surface area contributed by atoms with Gasteiger partial charge in [0, 0.05) is 18.7 Å². The second kappa shape index (κ2) is 14.5. The van der Waals surface area contributed by atoms with Gasteiger partial charge in [-0.1, -0.05) is 32.8 Å². The van der Waals surface area contributed by atoms with E-state index in [1.54, 1.807) is 44.5 Å². The highest BCUT2D eigenvalue weighted by Crippen LogP contribution is 2.32. The number of benzene rings is 1. The molecule has 0 radical (unpaired) electrons. The van der Waals surface area contributed by atoms with Crippen LogP contribution in [0.2, 0.25) is 0 Å². The van der Waals surface area contributed by atoms with Crippen LogP contribution in [0.1, 0.15) is 89.2 Å². The van der Waals surface area contributed by atoms with E-state index >= 15 is 4.39 Å². The fourth-order valence-corrected chi connectivity index (χ4v) is 5.28. The van der Waals surface area contributed by atoms with Gasteiger partial charge >= 0.3 is 12.1 Å². The Morgan fingerprint density at radius 2 is 1.77 bits per heavy atom. The average molecular weight is 602 g/mol. The number of rotatable bonds is 10. The second-order valence-electron chi connectivity index (χ2n) is 12.2. The first-order valence-corrected chi connectivity index (χ1v) is 14.7. The standard InChI is InChI=1S/C31H44FN5O6/c1-8-37-24(15-16-33-37)27(38)35-26(20-11-9-18(2)10-12-20)28(39)34-23-14-13-21(17-22(23)32)19(3)25(29(40)42-7)36-30(41)43-31(4,5)6/h13-20,25-26H,8-12H2,1-7H3,(H,34,39)(H,35,38)(H,36,41)/t18?,19-,20?,25+,26-/m0/s1. The summed E-state index contributed by atoms with van der Waals surface area (Å²) in [5, 5.41) is 12.2. The Morgan fingerprint density at radius 3 is 2.35 bits per heavy atom. The lowest BCUT2D eigenvalue weighted by molar-refractivity contribution is -0.143. The van der Waals surface area contributed by atoms with Crippen LogP contribution in [-0.2, 0) is 25.6 Å². The molecular formula is C31H44FN5O6. The fraction of sp³-hybridized carbons (Fsp3) is 0.581. The summed E-state index contributed by atoms with van der Waals surface area (Å²) in [5.41, 5.74) is -0.127. The summed E-state index contributed by atoms with van der Waals surface area (Å²) in [5.74, 6) is -2.67. The summed E-state index contributed by atoms with van der Waals surface area (Å²) < 4.78 is 27.1. The zero-order valence-electron chi connectivity index (χ0n) is 26.0. The van der Waals surface area contributed by atoms with Crippen LogP contribution in [0, 0.1) is 17.7 Å². The number of esters is 1. The molecule has 1 saturated carbocycles. The van der Waals surface area contributed by atoms with Gasteiger partial charge in [-0.15, -0.1) is 0 Å². The van der Waals surface area contributed by atoms with Crippen LogP contribution >= 0.6 is 0 Å². The van der Waals surface area contributed by atoms with Crippen molar-refractivity contribution >= 4 is 29.6 Å². The molecule has 1 aromatic heterocycles. The van der Waals surface area contributed by atoms with Crippen molar-refractivity contribution in [3.8, 4) is 0 Å². The molecule has 236 valence electrons. The summed E-state index contributed by atoms with van der Waals surface area (Å²) in [6.45, 7) is 11.2. The number of halogens is 1. The van der Waals surface area contributed by atoms with Gasteiger partial charge in [-0.3, -0.25) is 14.3 Å². The minimum absolute atomic E-state index is 0.0716. The summed E-state index contributed by atoms with van der Waals surface area (Å²) in [7, 11) is 1.19. The zero-order chi connectivity index (χ0) is 31.9. The van der Waals surface area contributed by atoms with Gasteiger partial charge in [-0.05, 0) is 76.1 Å². The molecule has 1 heterocycles. The lowest BCUT2D eigenvalue weighted by Gasteiger charge is -2.32. The van der Waals surface area contributed by atoms with Crippen molar-refractivity contribution in [2.24, 2.45) is 11.8 Å². The minimum Gasteiger partial charge on any atom is -0.467 e. The quantitative estimate of drug-likeness (QED) is 0.333. The Hall–Kier alpha value is -3.96. The number of carbonyl (C=O) groups is 4. The van der Waals surface area contributed by atoms with Crippen LogP contribution in [0.15, 0.2) is 30.5 Å². The molecule has 3 rings (SSSR count). The largest absolute Gasteiger partial charge is 0.467 e. The number of ether oxygens (including phenoxy) is 2. The van der Waals surface area contributed by atoms with Crippen LogP contribution < -0.4 is 16.0 Å². The molecular weight excluding hydrogens is 557 g/mol. The molecule has 0 aliphatic heterocycles. The number of nitrogens with zero attached hydrogens (tertiary/aromatic N) is 2. The van der Waals surface area contributed by atoms with Crippen molar-refractivity contribution < 1.29 is 33.0 Å². The average Bonchev–Trinajstić information content (AvgIpc) is 3.43. The SMILES string of the molecule is CCn1nccc1C(=O)N[C@H](C(=O)Nc1ccc([C@H](C)[C@@H](NC(=O)OC(C)(C)C)C(=O)OC)cc1F)C1CCC(C)CC1. The van der Waals surface area contributed by atoms with E-state index in [9.17, 15) is 19.2 Å². The number of methoxy groups -OCH3 is 1. The topological polar surface area (TPSA) is 141 Å². The third kappa shape index (κ3) is 9.01. The molecule has 0 unspecified atom stereocenters. The summed E-state index contributed by atoms with van der Waals surface area (Å²) in [6, 6.07) is 3.73. The smallest absolute Gasteiger partial charge is 0.408 e. The first-order valence-electron chi connectivity index (χ1n) is 14.7. The van der Waals surface area contributed by atoms with Gasteiger partial charge in [0.1, 0.15) is 29.2 Å². The highest BCUT2D eigenvalue weighted by atomic mass is 19.1. The number of carbonyl (C=O) groups excluding carboxylic acids is 4. The Labute approximate surface area is 252 Å². The molecule has 1 aliphatic rings. The third-order valence-corrected chi connectivity index (χ3v) is 7.75. The van der Waals surface area contributed by atoms with Crippen molar-refractivity contribution in [2.45, 2.75) is 97.4 Å². The molecule has 1 aliphatic carbocycles. The van der Waals surface area contributed by atoms with Gasteiger partial charge in [0.15, 0.2) is 0 Å². The lowest BCUT2D eigenvalue weighted by atomic mass is 9.79. The van der Waals surface area contributed by atoms with Crippen LogP contribution in [0.25, 0.3) is 0 Å². The highest BCUT2D eigenvalue weighted by Gasteiger charge is 2.34. The van der Waals surface area contributed by atoms with E-state index in [1.807, 2.05) is 6.92 Å². The number of hydrogen-bond acceptors (Lipinski definition) is 7. The Bertz CT molecular complexity index is 1300. The third-order valence-electron chi connectivity index (χ3n) is 7.75. The van der Waals surface area contributed by atoms with Crippen molar-refractivity contribution in [2.75, 3.05) is 12.4 Å². The number of nitrogens with one attached hydrogen (secondary N) is 3.